The SMILES string of the molecule is COc1cc(/C=C/C(=O)N(C)CC(C)C)ccc1OC(C)C. The summed E-state index contributed by atoms with van der Waals surface area (Å²) in [6.07, 6.45) is 3.46. The number of methoxy groups -OCH3 is 1. The topological polar surface area (TPSA) is 38.8 Å². The van der Waals surface area contributed by atoms with Crippen LogP contribution in [0.1, 0.15) is 33.3 Å². The summed E-state index contributed by atoms with van der Waals surface area (Å²) in [5, 5.41) is 0. The summed E-state index contributed by atoms with van der Waals surface area (Å²) >= 11 is 0. The molecular formula is C18H27NO3. The number of nitrogens with zero attached hydrogens (tertiary/aromatic N) is 1. The highest BCUT2D eigenvalue weighted by molar-refractivity contribution is 5.91. The average molecular weight is 305 g/mol. The van der Waals surface area contributed by atoms with Crippen LogP contribution in [0.15, 0.2) is 24.3 Å². The van der Waals surface area contributed by atoms with Crippen molar-refractivity contribution < 1.29 is 14.3 Å². The molecule has 0 radical (unpaired) electrons. The molecule has 0 aromatic heterocycles. The van der Waals surface area contributed by atoms with Crippen molar-refractivity contribution >= 4 is 12.0 Å². The van der Waals surface area contributed by atoms with Crippen molar-refractivity contribution in [3.63, 3.8) is 0 Å². The van der Waals surface area contributed by atoms with Crippen molar-refractivity contribution in [1.29, 1.82) is 0 Å². The minimum absolute atomic E-state index is 0.00447. The quantitative estimate of drug-likeness (QED) is 0.722. The summed E-state index contributed by atoms with van der Waals surface area (Å²) in [6.45, 7) is 8.86. The maximum absolute atomic E-state index is 12.0. The molecule has 122 valence electrons. The van der Waals surface area contributed by atoms with Gasteiger partial charge in [0, 0.05) is 19.7 Å². The number of likely N-dealkylation sites (N-methyl/N-ethyl adjacent to an activating group) is 1. The van der Waals surface area contributed by atoms with Crippen LogP contribution in [-0.4, -0.2) is 37.6 Å². The van der Waals surface area contributed by atoms with E-state index in [0.29, 0.717) is 17.4 Å². The number of hydrogen-bond donors (Lipinski definition) is 0. The van der Waals surface area contributed by atoms with Gasteiger partial charge in [0.15, 0.2) is 11.5 Å². The largest absolute Gasteiger partial charge is 0.493 e. The number of carbonyl (C=O) groups is 1. The van der Waals surface area contributed by atoms with E-state index in [9.17, 15) is 4.79 Å². The molecule has 0 aliphatic heterocycles. The van der Waals surface area contributed by atoms with E-state index in [1.165, 1.54) is 0 Å². The van der Waals surface area contributed by atoms with Crippen LogP contribution >= 0.6 is 0 Å². The normalized spacial score (nSPS) is 11.3. The Bertz CT molecular complexity index is 521. The summed E-state index contributed by atoms with van der Waals surface area (Å²) < 4.78 is 11.0. The van der Waals surface area contributed by atoms with Gasteiger partial charge in [-0.3, -0.25) is 4.79 Å². The molecule has 0 fully saturated rings. The van der Waals surface area contributed by atoms with E-state index >= 15 is 0 Å². The molecule has 1 rings (SSSR count). The lowest BCUT2D eigenvalue weighted by atomic mass is 10.1. The van der Waals surface area contributed by atoms with Crippen molar-refractivity contribution in [3.8, 4) is 11.5 Å². The van der Waals surface area contributed by atoms with Gasteiger partial charge in [0.2, 0.25) is 5.91 Å². The second-order valence-corrected chi connectivity index (χ2v) is 6.02. The van der Waals surface area contributed by atoms with E-state index in [4.69, 9.17) is 9.47 Å². The summed E-state index contributed by atoms with van der Waals surface area (Å²) in [6, 6.07) is 5.64. The standard InChI is InChI=1S/C18H27NO3/c1-13(2)12-19(5)18(20)10-8-15-7-9-16(22-14(3)4)17(11-15)21-6/h7-11,13-14H,12H2,1-6H3/b10-8+. The smallest absolute Gasteiger partial charge is 0.246 e. The zero-order chi connectivity index (χ0) is 16.7. The van der Waals surface area contributed by atoms with Crippen molar-refractivity contribution in [2.45, 2.75) is 33.8 Å². The van der Waals surface area contributed by atoms with Crippen molar-refractivity contribution in [2.75, 3.05) is 20.7 Å². The van der Waals surface area contributed by atoms with Gasteiger partial charge in [-0.15, -0.1) is 0 Å². The van der Waals surface area contributed by atoms with Gasteiger partial charge in [0.25, 0.3) is 0 Å². The monoisotopic (exact) mass is 305 g/mol. The Morgan fingerprint density at radius 1 is 1.23 bits per heavy atom. The zero-order valence-electron chi connectivity index (χ0n) is 14.4. The minimum Gasteiger partial charge on any atom is -0.493 e. The molecule has 0 spiro atoms. The van der Waals surface area contributed by atoms with Crippen LogP contribution in [0.2, 0.25) is 0 Å². The van der Waals surface area contributed by atoms with Gasteiger partial charge >= 0.3 is 0 Å². The molecule has 0 heterocycles. The van der Waals surface area contributed by atoms with Crippen LogP contribution < -0.4 is 9.47 Å². The van der Waals surface area contributed by atoms with Crippen molar-refractivity contribution in [2.24, 2.45) is 5.92 Å². The van der Waals surface area contributed by atoms with E-state index in [1.807, 2.05) is 39.1 Å². The van der Waals surface area contributed by atoms with E-state index in [0.717, 1.165) is 12.1 Å². The van der Waals surface area contributed by atoms with Gasteiger partial charge in [-0.25, -0.2) is 0 Å². The highest BCUT2D eigenvalue weighted by Gasteiger charge is 2.08. The number of amides is 1. The van der Waals surface area contributed by atoms with Gasteiger partial charge in [-0.1, -0.05) is 19.9 Å². The summed E-state index contributed by atoms with van der Waals surface area (Å²) in [5.41, 5.74) is 0.902. The van der Waals surface area contributed by atoms with Crippen molar-refractivity contribution in [1.82, 2.24) is 4.90 Å². The number of rotatable bonds is 7. The first-order chi connectivity index (χ1) is 10.3. The first-order valence-electron chi connectivity index (χ1n) is 7.61. The number of hydrogen-bond acceptors (Lipinski definition) is 3. The Labute approximate surface area is 133 Å². The van der Waals surface area contributed by atoms with Crippen LogP contribution in [0.3, 0.4) is 0 Å². The Hall–Kier alpha value is -1.97. The minimum atomic E-state index is -0.00447. The molecule has 0 bridgehead atoms. The summed E-state index contributed by atoms with van der Waals surface area (Å²) in [4.78, 5) is 13.7. The summed E-state index contributed by atoms with van der Waals surface area (Å²) in [7, 11) is 3.42. The van der Waals surface area contributed by atoms with Crippen LogP contribution in [0.5, 0.6) is 11.5 Å². The third kappa shape index (κ3) is 5.80. The van der Waals surface area contributed by atoms with E-state index in [2.05, 4.69) is 13.8 Å². The lowest BCUT2D eigenvalue weighted by molar-refractivity contribution is -0.125. The highest BCUT2D eigenvalue weighted by atomic mass is 16.5. The molecule has 4 nitrogen and oxygen atoms in total. The fourth-order valence-electron chi connectivity index (χ4n) is 2.07. The second-order valence-electron chi connectivity index (χ2n) is 6.02. The predicted molar refractivity (Wildman–Crippen MR) is 90.3 cm³/mol. The molecular weight excluding hydrogens is 278 g/mol. The molecule has 0 saturated heterocycles. The molecule has 0 N–H and O–H groups in total. The maximum Gasteiger partial charge on any atom is 0.246 e. The lowest BCUT2D eigenvalue weighted by Gasteiger charge is -2.17. The molecule has 1 aromatic rings. The molecule has 1 amide bonds. The highest BCUT2D eigenvalue weighted by Crippen LogP contribution is 2.29. The average Bonchev–Trinajstić information content (AvgIpc) is 2.44. The Morgan fingerprint density at radius 3 is 2.45 bits per heavy atom. The fourth-order valence-corrected chi connectivity index (χ4v) is 2.07. The Morgan fingerprint density at radius 2 is 1.91 bits per heavy atom. The van der Waals surface area contributed by atoms with Gasteiger partial charge < -0.3 is 14.4 Å². The van der Waals surface area contributed by atoms with Crippen LogP contribution in [0, 0.1) is 5.92 Å². The van der Waals surface area contributed by atoms with Gasteiger partial charge in [-0.05, 0) is 43.5 Å². The second kappa shape index (κ2) is 8.47. The summed E-state index contributed by atoms with van der Waals surface area (Å²) in [5.74, 6) is 1.82. The van der Waals surface area contributed by atoms with E-state index < -0.39 is 0 Å². The van der Waals surface area contributed by atoms with E-state index in [-0.39, 0.29) is 12.0 Å². The maximum atomic E-state index is 12.0. The third-order valence-electron chi connectivity index (χ3n) is 2.98. The van der Waals surface area contributed by atoms with Gasteiger partial charge in [0.1, 0.15) is 0 Å². The predicted octanol–water partition coefficient (Wildman–Crippen LogP) is 3.61. The zero-order valence-corrected chi connectivity index (χ0v) is 14.4. The molecule has 4 heteroatoms. The van der Waals surface area contributed by atoms with Crippen LogP contribution in [0.25, 0.3) is 6.08 Å². The van der Waals surface area contributed by atoms with Crippen LogP contribution in [0.4, 0.5) is 0 Å². The van der Waals surface area contributed by atoms with Gasteiger partial charge in [-0.2, -0.15) is 0 Å². The lowest BCUT2D eigenvalue weighted by Crippen LogP contribution is -2.28. The number of benzene rings is 1. The first-order valence-corrected chi connectivity index (χ1v) is 7.61. The third-order valence-corrected chi connectivity index (χ3v) is 2.98. The molecule has 0 atom stereocenters. The molecule has 1 aromatic carbocycles. The van der Waals surface area contributed by atoms with Crippen molar-refractivity contribution in [3.05, 3.63) is 29.8 Å². The molecule has 0 saturated carbocycles. The fraction of sp³-hybridized carbons (Fsp3) is 0.500. The van der Waals surface area contributed by atoms with Crippen LogP contribution in [-0.2, 0) is 4.79 Å². The molecule has 0 unspecified atom stereocenters. The Kier molecular flexibility index (Phi) is 6.96. The van der Waals surface area contributed by atoms with E-state index in [1.54, 1.807) is 24.2 Å². The number of ether oxygens (including phenoxy) is 2. The molecule has 0 aliphatic rings. The number of carbonyl (C=O) groups excluding carboxylic acids is 1. The molecule has 0 aliphatic carbocycles. The molecule has 22 heavy (non-hydrogen) atoms. The van der Waals surface area contributed by atoms with Gasteiger partial charge in [0.05, 0.1) is 13.2 Å². The Balaban J connectivity index is 2.81. The first kappa shape index (κ1) is 18.1.